The summed E-state index contributed by atoms with van der Waals surface area (Å²) < 4.78 is 16.7. The van der Waals surface area contributed by atoms with Crippen molar-refractivity contribution in [1.82, 2.24) is 5.32 Å². The molecule has 1 saturated carbocycles. The second kappa shape index (κ2) is 6.84. The number of carbonyl (C=O) groups is 1. The Kier molecular flexibility index (Phi) is 5.69. The summed E-state index contributed by atoms with van der Waals surface area (Å²) in [6.45, 7) is 5.78. The quantitative estimate of drug-likeness (QED) is 0.624. The Morgan fingerprint density at radius 1 is 1.45 bits per heavy atom. The van der Waals surface area contributed by atoms with Gasteiger partial charge in [0, 0.05) is 6.04 Å². The highest BCUT2D eigenvalue weighted by Crippen LogP contribution is 2.46. The molecular formula is C14H23FN2O3. The number of isocyanates is 1. The average molecular weight is 286 g/mol. The van der Waals surface area contributed by atoms with Crippen LogP contribution in [0.2, 0.25) is 0 Å². The van der Waals surface area contributed by atoms with Crippen LogP contribution in [-0.4, -0.2) is 38.0 Å². The van der Waals surface area contributed by atoms with Gasteiger partial charge in [-0.05, 0) is 30.1 Å². The molecule has 0 radical (unpaired) electrons. The Morgan fingerprint density at radius 3 is 2.75 bits per heavy atom. The van der Waals surface area contributed by atoms with Crippen LogP contribution in [-0.2, 0) is 9.53 Å². The van der Waals surface area contributed by atoms with Crippen LogP contribution in [0.4, 0.5) is 9.18 Å². The van der Waals surface area contributed by atoms with E-state index in [-0.39, 0.29) is 23.5 Å². The highest BCUT2D eigenvalue weighted by atomic mass is 19.1. The molecular weight excluding hydrogens is 263 g/mol. The molecule has 1 aliphatic rings. The first-order valence-corrected chi connectivity index (χ1v) is 6.83. The normalized spacial score (nSPS) is 28.3. The van der Waals surface area contributed by atoms with Crippen LogP contribution in [0.25, 0.3) is 0 Å². The third-order valence-electron chi connectivity index (χ3n) is 3.60. The van der Waals surface area contributed by atoms with E-state index in [0.717, 1.165) is 12.8 Å². The van der Waals surface area contributed by atoms with Crippen LogP contribution in [0.15, 0.2) is 4.99 Å². The van der Waals surface area contributed by atoms with Crippen molar-refractivity contribution in [3.63, 3.8) is 0 Å². The van der Waals surface area contributed by atoms with Crippen LogP contribution in [0.1, 0.15) is 40.0 Å². The Bertz CT molecular complexity index is 394. The van der Waals surface area contributed by atoms with Crippen LogP contribution >= 0.6 is 0 Å². The minimum atomic E-state index is -0.685. The predicted octanol–water partition coefficient (Wildman–Crippen LogP) is 2.60. The topological polar surface area (TPSA) is 67.8 Å². The molecule has 0 bridgehead atoms. The Hall–Kier alpha value is -1.42. The van der Waals surface area contributed by atoms with Gasteiger partial charge in [-0.25, -0.2) is 19.0 Å². The van der Waals surface area contributed by atoms with Crippen molar-refractivity contribution in [3.05, 3.63) is 0 Å². The summed E-state index contributed by atoms with van der Waals surface area (Å²) in [5.41, 5.74) is -0.124. The summed E-state index contributed by atoms with van der Waals surface area (Å²) in [7, 11) is 0. The lowest BCUT2D eigenvalue weighted by Gasteiger charge is -2.45. The Balaban J connectivity index is 2.67. The number of alkyl halides is 1. The maximum absolute atomic E-state index is 12.0. The van der Waals surface area contributed by atoms with E-state index in [9.17, 15) is 14.0 Å². The largest absolute Gasteiger partial charge is 0.447 e. The number of halogens is 1. The SMILES string of the molecule is CC1(C)CC(NC(=O)OCCF)CC(C)(CN=C=O)C1. The average Bonchev–Trinajstić information content (AvgIpc) is 2.31. The third-order valence-corrected chi connectivity index (χ3v) is 3.60. The second-order valence-electron chi connectivity index (χ2n) is 6.63. The fourth-order valence-electron chi connectivity index (χ4n) is 3.42. The van der Waals surface area contributed by atoms with Crippen molar-refractivity contribution < 1.29 is 18.7 Å². The number of amides is 1. The van der Waals surface area contributed by atoms with Gasteiger partial charge in [0.25, 0.3) is 0 Å². The van der Waals surface area contributed by atoms with Gasteiger partial charge in [-0.2, -0.15) is 0 Å². The van der Waals surface area contributed by atoms with Crippen molar-refractivity contribution in [2.24, 2.45) is 15.8 Å². The smallest absolute Gasteiger partial charge is 0.407 e. The molecule has 0 heterocycles. The summed E-state index contributed by atoms with van der Waals surface area (Å²) in [4.78, 5) is 25.5. The molecule has 0 saturated heterocycles. The Labute approximate surface area is 119 Å². The van der Waals surface area contributed by atoms with Gasteiger partial charge in [-0.1, -0.05) is 20.8 Å². The monoisotopic (exact) mass is 286 g/mol. The molecule has 114 valence electrons. The van der Waals surface area contributed by atoms with Crippen molar-refractivity contribution in [3.8, 4) is 0 Å². The molecule has 5 nitrogen and oxygen atoms in total. The van der Waals surface area contributed by atoms with Gasteiger partial charge in [0.1, 0.15) is 13.3 Å². The fourth-order valence-corrected chi connectivity index (χ4v) is 3.42. The van der Waals surface area contributed by atoms with Gasteiger partial charge in [0.2, 0.25) is 6.08 Å². The van der Waals surface area contributed by atoms with Gasteiger partial charge in [0.05, 0.1) is 6.54 Å². The molecule has 20 heavy (non-hydrogen) atoms. The van der Waals surface area contributed by atoms with E-state index in [2.05, 4.69) is 31.1 Å². The number of hydrogen-bond donors (Lipinski definition) is 1. The van der Waals surface area contributed by atoms with Crippen LogP contribution in [0.5, 0.6) is 0 Å². The number of nitrogens with one attached hydrogen (secondary N) is 1. The molecule has 2 atom stereocenters. The summed E-state index contributed by atoms with van der Waals surface area (Å²) in [5, 5.41) is 2.77. The molecule has 1 rings (SSSR count). The summed E-state index contributed by atoms with van der Waals surface area (Å²) >= 11 is 0. The van der Waals surface area contributed by atoms with E-state index in [1.54, 1.807) is 6.08 Å². The molecule has 2 unspecified atom stereocenters. The number of aliphatic imine (C=N–C) groups is 1. The summed E-state index contributed by atoms with van der Waals surface area (Å²) in [6, 6.07) is -0.0577. The standard InChI is InChI=1S/C14H23FN2O3/c1-13(2)6-11(17-12(19)20-5-4-15)7-14(3,8-13)9-16-10-18/h11H,4-9H2,1-3H3,(H,17,19). The first kappa shape index (κ1) is 16.6. The highest BCUT2D eigenvalue weighted by molar-refractivity contribution is 5.67. The van der Waals surface area contributed by atoms with Gasteiger partial charge in [0.15, 0.2) is 0 Å². The second-order valence-corrected chi connectivity index (χ2v) is 6.63. The van der Waals surface area contributed by atoms with Gasteiger partial charge >= 0.3 is 6.09 Å². The van der Waals surface area contributed by atoms with E-state index in [0.29, 0.717) is 13.0 Å². The molecule has 1 amide bonds. The van der Waals surface area contributed by atoms with E-state index in [4.69, 9.17) is 4.74 Å². The van der Waals surface area contributed by atoms with Crippen molar-refractivity contribution in [1.29, 1.82) is 0 Å². The zero-order valence-electron chi connectivity index (χ0n) is 12.4. The third kappa shape index (κ3) is 5.29. The van der Waals surface area contributed by atoms with Gasteiger partial charge in [-0.15, -0.1) is 0 Å². The van der Waals surface area contributed by atoms with Crippen LogP contribution < -0.4 is 5.32 Å². The molecule has 1 N–H and O–H groups in total. The van der Waals surface area contributed by atoms with Crippen molar-refractivity contribution in [2.45, 2.75) is 46.1 Å². The Morgan fingerprint density at radius 2 is 2.15 bits per heavy atom. The number of ether oxygens (including phenoxy) is 1. The molecule has 1 aliphatic carbocycles. The molecule has 0 aromatic heterocycles. The van der Waals surface area contributed by atoms with Gasteiger partial charge in [-0.3, -0.25) is 0 Å². The minimum Gasteiger partial charge on any atom is -0.447 e. The first-order chi connectivity index (χ1) is 9.30. The number of alkyl carbamates (subject to hydrolysis) is 1. The van der Waals surface area contributed by atoms with Gasteiger partial charge < -0.3 is 10.1 Å². The molecule has 0 aliphatic heterocycles. The maximum Gasteiger partial charge on any atom is 0.407 e. The zero-order chi connectivity index (χ0) is 15.2. The molecule has 0 spiro atoms. The summed E-state index contributed by atoms with van der Waals surface area (Å²) in [5.74, 6) is 0. The summed E-state index contributed by atoms with van der Waals surface area (Å²) in [6.07, 6.45) is 3.43. The predicted molar refractivity (Wildman–Crippen MR) is 73.0 cm³/mol. The number of hydrogen-bond acceptors (Lipinski definition) is 4. The fraction of sp³-hybridized carbons (Fsp3) is 0.857. The van der Waals surface area contributed by atoms with Crippen molar-refractivity contribution >= 4 is 12.2 Å². The first-order valence-electron chi connectivity index (χ1n) is 6.83. The van der Waals surface area contributed by atoms with E-state index in [1.165, 1.54) is 0 Å². The highest BCUT2D eigenvalue weighted by Gasteiger charge is 2.41. The molecule has 0 aromatic rings. The number of nitrogens with zero attached hydrogens (tertiary/aromatic N) is 1. The minimum absolute atomic E-state index is 0.0312. The lowest BCUT2D eigenvalue weighted by molar-refractivity contribution is 0.0703. The molecule has 1 fully saturated rings. The van der Waals surface area contributed by atoms with E-state index >= 15 is 0 Å². The van der Waals surface area contributed by atoms with Crippen LogP contribution in [0, 0.1) is 10.8 Å². The number of carbonyl (C=O) groups excluding carboxylic acids is 2. The van der Waals surface area contributed by atoms with Crippen molar-refractivity contribution in [2.75, 3.05) is 19.8 Å². The lowest BCUT2D eigenvalue weighted by Crippen LogP contribution is -2.48. The maximum atomic E-state index is 12.0. The number of rotatable bonds is 5. The van der Waals surface area contributed by atoms with E-state index < -0.39 is 12.8 Å². The molecule has 6 heteroatoms. The van der Waals surface area contributed by atoms with Crippen LogP contribution in [0.3, 0.4) is 0 Å². The van der Waals surface area contributed by atoms with E-state index in [1.807, 2.05) is 0 Å². The zero-order valence-corrected chi connectivity index (χ0v) is 12.4. The lowest BCUT2D eigenvalue weighted by atomic mass is 9.62. The molecule has 0 aromatic carbocycles.